The normalized spacial score (nSPS) is 33.6. The maximum atomic E-state index is 12.1. The van der Waals surface area contributed by atoms with E-state index in [1.807, 2.05) is 12.1 Å². The Labute approximate surface area is 170 Å². The lowest BCUT2D eigenvalue weighted by molar-refractivity contribution is -0.154. The molecule has 2 bridgehead atoms. The molecule has 6 heteroatoms. The minimum atomic E-state index is -0.434. The number of benzene rings is 1. The van der Waals surface area contributed by atoms with Gasteiger partial charge in [0.05, 0.1) is 0 Å². The summed E-state index contributed by atoms with van der Waals surface area (Å²) in [5.74, 6) is 0.929. The molecule has 6 nitrogen and oxygen atoms in total. The van der Waals surface area contributed by atoms with Crippen molar-refractivity contribution in [3.8, 4) is 11.5 Å². The predicted octanol–water partition coefficient (Wildman–Crippen LogP) is 2.77. The molecule has 29 heavy (non-hydrogen) atoms. The monoisotopic (exact) mass is 397 g/mol. The summed E-state index contributed by atoms with van der Waals surface area (Å²) in [5, 5.41) is 0. The van der Waals surface area contributed by atoms with Crippen molar-refractivity contribution < 1.29 is 23.8 Å². The molecule has 1 spiro atoms. The number of likely N-dealkylation sites (tertiary alicyclic amines) is 1. The Morgan fingerprint density at radius 2 is 2.00 bits per heavy atom. The lowest BCUT2D eigenvalue weighted by Crippen LogP contribution is -2.65. The van der Waals surface area contributed by atoms with Crippen molar-refractivity contribution in [3.05, 3.63) is 35.4 Å². The summed E-state index contributed by atoms with van der Waals surface area (Å²) in [6.45, 7) is 4.54. The number of hydrogen-bond donors (Lipinski definition) is 0. The number of likely N-dealkylation sites (N-methyl/N-ethyl adjacent to an activating group) is 1. The van der Waals surface area contributed by atoms with Gasteiger partial charge in [-0.3, -0.25) is 9.59 Å². The lowest BCUT2D eigenvalue weighted by Gasteiger charge is -2.56. The number of carbonyl (C=O) groups is 2. The first-order valence-corrected chi connectivity index (χ1v) is 10.6. The SMILES string of the molecule is CCC(=O)Oc1ccc2c3c1O[C@H]1[C@@H](OC(=O)CC)C=C[C@H]4C(C2)N(C)CC[C@@]341. The van der Waals surface area contributed by atoms with Crippen LogP contribution in [0.4, 0.5) is 0 Å². The molecule has 0 N–H and O–H groups in total. The zero-order valence-electron chi connectivity index (χ0n) is 17.1. The van der Waals surface area contributed by atoms with Crippen molar-refractivity contribution in [1.82, 2.24) is 4.90 Å². The number of carbonyl (C=O) groups excluding carboxylic acids is 2. The van der Waals surface area contributed by atoms with Gasteiger partial charge < -0.3 is 19.1 Å². The molecule has 154 valence electrons. The van der Waals surface area contributed by atoms with Crippen LogP contribution in [0.15, 0.2) is 24.3 Å². The van der Waals surface area contributed by atoms with Crippen molar-refractivity contribution in [2.24, 2.45) is 5.92 Å². The van der Waals surface area contributed by atoms with Crippen LogP contribution in [0.1, 0.15) is 44.2 Å². The molecule has 2 aliphatic carbocycles. The topological polar surface area (TPSA) is 65.1 Å². The van der Waals surface area contributed by atoms with E-state index in [9.17, 15) is 9.59 Å². The van der Waals surface area contributed by atoms with Crippen LogP contribution in [-0.4, -0.2) is 48.7 Å². The molecule has 2 heterocycles. The van der Waals surface area contributed by atoms with Gasteiger partial charge in [0, 0.05) is 35.8 Å². The third-order valence-corrected chi connectivity index (χ3v) is 7.18. The van der Waals surface area contributed by atoms with Crippen molar-refractivity contribution in [1.29, 1.82) is 0 Å². The quantitative estimate of drug-likeness (QED) is 0.442. The fourth-order valence-corrected chi connectivity index (χ4v) is 5.82. The van der Waals surface area contributed by atoms with Gasteiger partial charge in [-0.05, 0) is 44.1 Å². The number of esters is 2. The van der Waals surface area contributed by atoms with Gasteiger partial charge in [-0.25, -0.2) is 0 Å². The molecule has 5 rings (SSSR count). The van der Waals surface area contributed by atoms with Crippen LogP contribution >= 0.6 is 0 Å². The number of rotatable bonds is 4. The minimum absolute atomic E-state index is 0.229. The molecule has 0 aromatic heterocycles. The summed E-state index contributed by atoms with van der Waals surface area (Å²) in [7, 11) is 2.18. The number of hydrogen-bond acceptors (Lipinski definition) is 6. The van der Waals surface area contributed by atoms with Gasteiger partial charge in [-0.2, -0.15) is 0 Å². The van der Waals surface area contributed by atoms with Gasteiger partial charge in [-0.1, -0.05) is 26.0 Å². The maximum absolute atomic E-state index is 12.1. The second-order valence-electron chi connectivity index (χ2n) is 8.55. The Balaban J connectivity index is 1.66. The third kappa shape index (κ3) is 2.51. The van der Waals surface area contributed by atoms with Gasteiger partial charge >= 0.3 is 11.9 Å². The van der Waals surface area contributed by atoms with E-state index >= 15 is 0 Å². The maximum Gasteiger partial charge on any atom is 0.311 e. The first-order valence-electron chi connectivity index (χ1n) is 10.6. The summed E-state index contributed by atoms with van der Waals surface area (Å²) >= 11 is 0. The van der Waals surface area contributed by atoms with Crippen LogP contribution in [0.25, 0.3) is 0 Å². The highest BCUT2D eigenvalue weighted by Gasteiger charge is 2.65. The zero-order valence-corrected chi connectivity index (χ0v) is 17.1. The van der Waals surface area contributed by atoms with E-state index in [1.165, 1.54) is 11.1 Å². The fraction of sp³-hybridized carbons (Fsp3) is 0.565. The molecule has 1 aromatic rings. The lowest BCUT2D eigenvalue weighted by atomic mass is 9.53. The van der Waals surface area contributed by atoms with Crippen LogP contribution in [0.5, 0.6) is 11.5 Å². The van der Waals surface area contributed by atoms with Crippen molar-refractivity contribution in [2.45, 2.75) is 63.2 Å². The summed E-state index contributed by atoms with van der Waals surface area (Å²) in [4.78, 5) is 26.5. The molecule has 5 atom stereocenters. The zero-order chi connectivity index (χ0) is 20.3. The Hall–Kier alpha value is -2.34. The molecule has 1 unspecified atom stereocenters. The van der Waals surface area contributed by atoms with E-state index < -0.39 is 6.10 Å². The highest BCUT2D eigenvalue weighted by molar-refractivity contribution is 5.74. The Kier molecular flexibility index (Phi) is 4.24. The minimum Gasteiger partial charge on any atom is -0.481 e. The first kappa shape index (κ1) is 18.7. The Morgan fingerprint density at radius 3 is 2.76 bits per heavy atom. The van der Waals surface area contributed by atoms with Gasteiger partial charge in [0.25, 0.3) is 0 Å². The summed E-state index contributed by atoms with van der Waals surface area (Å²) < 4.78 is 17.9. The molecule has 4 aliphatic rings. The Morgan fingerprint density at radius 1 is 1.21 bits per heavy atom. The molecule has 0 amide bonds. The molecule has 1 aromatic carbocycles. The molecule has 0 saturated carbocycles. The van der Waals surface area contributed by atoms with Crippen molar-refractivity contribution >= 4 is 11.9 Å². The fourth-order valence-electron chi connectivity index (χ4n) is 5.82. The van der Waals surface area contributed by atoms with Crippen molar-refractivity contribution in [3.63, 3.8) is 0 Å². The van der Waals surface area contributed by atoms with Gasteiger partial charge in [0.15, 0.2) is 17.6 Å². The second-order valence-corrected chi connectivity index (χ2v) is 8.55. The highest BCUT2D eigenvalue weighted by atomic mass is 16.6. The molecular formula is C23H27NO5. The molecule has 0 radical (unpaired) electrons. The summed E-state index contributed by atoms with van der Waals surface area (Å²) in [6.07, 6.45) is 6.00. The van der Waals surface area contributed by atoms with Crippen LogP contribution in [0.2, 0.25) is 0 Å². The second kappa shape index (κ2) is 6.59. The molecule has 2 aliphatic heterocycles. The van der Waals surface area contributed by atoms with E-state index in [-0.39, 0.29) is 29.4 Å². The van der Waals surface area contributed by atoms with E-state index in [1.54, 1.807) is 13.8 Å². The summed E-state index contributed by atoms with van der Waals surface area (Å²) in [5.41, 5.74) is 2.17. The smallest absolute Gasteiger partial charge is 0.311 e. The van der Waals surface area contributed by atoms with E-state index in [0.717, 1.165) is 19.4 Å². The van der Waals surface area contributed by atoms with Crippen LogP contribution < -0.4 is 9.47 Å². The average molecular weight is 397 g/mol. The average Bonchev–Trinajstić information content (AvgIpc) is 3.08. The number of nitrogens with zero attached hydrogens (tertiary/aromatic N) is 1. The number of ether oxygens (including phenoxy) is 3. The van der Waals surface area contributed by atoms with Crippen LogP contribution in [0.3, 0.4) is 0 Å². The molecule has 1 saturated heterocycles. The van der Waals surface area contributed by atoms with E-state index in [4.69, 9.17) is 14.2 Å². The Bertz CT molecular complexity index is 909. The van der Waals surface area contributed by atoms with Gasteiger partial charge in [0.2, 0.25) is 0 Å². The van der Waals surface area contributed by atoms with E-state index in [0.29, 0.717) is 30.4 Å². The molecule has 1 fully saturated rings. The first-order chi connectivity index (χ1) is 14.0. The highest BCUT2D eigenvalue weighted by Crippen LogP contribution is 2.62. The predicted molar refractivity (Wildman–Crippen MR) is 106 cm³/mol. The standard InChI is InChI=1S/C23H27NO5/c1-4-18(25)27-16-8-6-13-12-15-14-7-9-17(28-19(26)5-2)22-23(14,10-11-24(15)3)20(13)21(16)29-22/h6-9,14-15,17,22H,4-5,10-12H2,1-3H3/t14-,15?,17-,22-,23-/m0/s1. The number of piperidine rings is 1. The van der Waals surface area contributed by atoms with Crippen LogP contribution in [0, 0.1) is 5.92 Å². The molecular weight excluding hydrogens is 370 g/mol. The van der Waals surface area contributed by atoms with Crippen LogP contribution in [-0.2, 0) is 26.2 Å². The summed E-state index contributed by atoms with van der Waals surface area (Å²) in [6, 6.07) is 4.32. The third-order valence-electron chi connectivity index (χ3n) is 7.18. The van der Waals surface area contributed by atoms with Crippen molar-refractivity contribution in [2.75, 3.05) is 13.6 Å². The van der Waals surface area contributed by atoms with E-state index in [2.05, 4.69) is 24.1 Å². The largest absolute Gasteiger partial charge is 0.481 e. The van der Waals surface area contributed by atoms with Gasteiger partial charge in [-0.15, -0.1) is 0 Å². The van der Waals surface area contributed by atoms with Gasteiger partial charge in [0.1, 0.15) is 6.10 Å².